The number of aromatic nitrogens is 1. The monoisotopic (exact) mass is 332 g/mol. The number of halogens is 2. The van der Waals surface area contributed by atoms with Crippen molar-refractivity contribution in [2.75, 3.05) is 31.1 Å². The van der Waals surface area contributed by atoms with Crippen molar-refractivity contribution < 1.29 is 13.6 Å². The number of pyridine rings is 1. The molecule has 24 heavy (non-hydrogen) atoms. The number of piperazine rings is 1. The van der Waals surface area contributed by atoms with E-state index in [1.165, 1.54) is 6.07 Å². The maximum atomic E-state index is 13.3. The Morgan fingerprint density at radius 2 is 1.75 bits per heavy atom. The summed E-state index contributed by atoms with van der Waals surface area (Å²) in [4.78, 5) is 19.8. The Kier molecular flexibility index (Phi) is 4.88. The summed E-state index contributed by atoms with van der Waals surface area (Å²) >= 11 is 0. The van der Waals surface area contributed by atoms with E-state index in [4.69, 9.17) is 0 Å². The minimum Gasteiger partial charge on any atom is -0.368 e. The highest BCUT2D eigenvalue weighted by Crippen LogP contribution is 2.19. The summed E-state index contributed by atoms with van der Waals surface area (Å²) in [6.07, 6.45) is 3.37. The highest BCUT2D eigenvalue weighted by molar-refractivity contribution is 5.74. The van der Waals surface area contributed by atoms with Gasteiger partial charge in [0.05, 0.1) is 0 Å². The van der Waals surface area contributed by atoms with Crippen LogP contribution in [-0.2, 0) is 6.54 Å². The fourth-order valence-corrected chi connectivity index (χ4v) is 2.64. The van der Waals surface area contributed by atoms with E-state index in [9.17, 15) is 13.6 Å². The van der Waals surface area contributed by atoms with Crippen LogP contribution in [0.15, 0.2) is 42.7 Å². The predicted octanol–water partition coefficient (Wildman–Crippen LogP) is 2.39. The third-order valence-corrected chi connectivity index (χ3v) is 4.03. The smallest absolute Gasteiger partial charge is 0.317 e. The molecule has 2 aromatic rings. The van der Waals surface area contributed by atoms with Crippen LogP contribution in [0.25, 0.3) is 0 Å². The molecule has 0 unspecified atom stereocenters. The molecule has 2 amide bonds. The van der Waals surface area contributed by atoms with Gasteiger partial charge in [0.2, 0.25) is 0 Å². The second kappa shape index (κ2) is 7.25. The van der Waals surface area contributed by atoms with Crippen molar-refractivity contribution in [3.05, 3.63) is 59.9 Å². The van der Waals surface area contributed by atoms with Gasteiger partial charge in [-0.25, -0.2) is 13.6 Å². The number of carbonyl (C=O) groups excluding carboxylic acids is 1. The zero-order chi connectivity index (χ0) is 16.9. The maximum absolute atomic E-state index is 13.3. The van der Waals surface area contributed by atoms with Crippen LogP contribution >= 0.6 is 0 Å². The zero-order valence-electron chi connectivity index (χ0n) is 13.1. The first-order valence-electron chi connectivity index (χ1n) is 7.75. The second-order valence-electron chi connectivity index (χ2n) is 5.59. The molecule has 3 rings (SSSR count). The molecule has 1 N–H and O–H groups in total. The van der Waals surface area contributed by atoms with E-state index in [1.54, 1.807) is 23.4 Å². The Hall–Kier alpha value is -2.70. The summed E-state index contributed by atoms with van der Waals surface area (Å²) in [5.74, 6) is -1.71. The molecule has 0 spiro atoms. The Balaban J connectivity index is 1.51. The van der Waals surface area contributed by atoms with Crippen molar-refractivity contribution >= 4 is 11.7 Å². The van der Waals surface area contributed by atoms with Gasteiger partial charge in [0.25, 0.3) is 0 Å². The van der Waals surface area contributed by atoms with Gasteiger partial charge in [-0.15, -0.1) is 0 Å². The van der Waals surface area contributed by atoms with Gasteiger partial charge in [-0.1, -0.05) is 0 Å². The summed E-state index contributed by atoms with van der Waals surface area (Å²) in [6, 6.07) is 7.43. The molecule has 0 bridgehead atoms. The van der Waals surface area contributed by atoms with Crippen LogP contribution in [0.4, 0.5) is 19.3 Å². The molecule has 1 aliphatic rings. The van der Waals surface area contributed by atoms with E-state index in [1.807, 2.05) is 17.0 Å². The van der Waals surface area contributed by atoms with Crippen molar-refractivity contribution in [3.8, 4) is 0 Å². The third-order valence-electron chi connectivity index (χ3n) is 4.03. The Morgan fingerprint density at radius 3 is 2.42 bits per heavy atom. The number of benzene rings is 1. The second-order valence-corrected chi connectivity index (χ2v) is 5.59. The van der Waals surface area contributed by atoms with Gasteiger partial charge in [-0.3, -0.25) is 4.98 Å². The first-order chi connectivity index (χ1) is 11.6. The summed E-state index contributed by atoms with van der Waals surface area (Å²) in [5, 5.41) is 2.87. The van der Waals surface area contributed by atoms with Gasteiger partial charge in [-0.2, -0.15) is 0 Å². The lowest BCUT2D eigenvalue weighted by Gasteiger charge is -2.36. The highest BCUT2D eigenvalue weighted by Gasteiger charge is 2.21. The first kappa shape index (κ1) is 16.2. The van der Waals surface area contributed by atoms with Crippen LogP contribution in [0.3, 0.4) is 0 Å². The molecule has 5 nitrogen and oxygen atoms in total. The molecular formula is C17H18F2N4O. The molecule has 1 saturated heterocycles. The number of urea groups is 1. The minimum atomic E-state index is -0.856. The van der Waals surface area contributed by atoms with Gasteiger partial charge in [0, 0.05) is 56.9 Å². The summed E-state index contributed by atoms with van der Waals surface area (Å²) in [6.45, 7) is 2.66. The Morgan fingerprint density at radius 1 is 1.04 bits per heavy atom. The Labute approximate surface area is 138 Å². The summed E-state index contributed by atoms with van der Waals surface area (Å²) in [7, 11) is 0. The number of anilines is 1. The quantitative estimate of drug-likeness (QED) is 0.939. The largest absolute Gasteiger partial charge is 0.368 e. The molecule has 0 aliphatic carbocycles. The van der Waals surface area contributed by atoms with Crippen LogP contribution in [0.2, 0.25) is 0 Å². The molecule has 1 aromatic heterocycles. The summed E-state index contributed by atoms with van der Waals surface area (Å²) < 4.78 is 26.3. The van der Waals surface area contributed by atoms with E-state index in [0.717, 1.165) is 11.6 Å². The van der Waals surface area contributed by atoms with Crippen molar-refractivity contribution in [1.29, 1.82) is 0 Å². The topological polar surface area (TPSA) is 48.5 Å². The van der Waals surface area contributed by atoms with Crippen molar-refractivity contribution in [1.82, 2.24) is 15.2 Å². The average Bonchev–Trinajstić information content (AvgIpc) is 2.63. The molecular weight excluding hydrogens is 314 g/mol. The maximum Gasteiger partial charge on any atom is 0.317 e. The fraction of sp³-hybridized carbons (Fsp3) is 0.294. The van der Waals surface area contributed by atoms with Gasteiger partial charge >= 0.3 is 6.03 Å². The van der Waals surface area contributed by atoms with E-state index in [2.05, 4.69) is 10.3 Å². The predicted molar refractivity (Wildman–Crippen MR) is 86.6 cm³/mol. The van der Waals surface area contributed by atoms with Crippen molar-refractivity contribution in [3.63, 3.8) is 0 Å². The lowest BCUT2D eigenvalue weighted by Crippen LogP contribution is -2.51. The van der Waals surface area contributed by atoms with E-state index in [0.29, 0.717) is 38.4 Å². The van der Waals surface area contributed by atoms with Crippen LogP contribution in [0.1, 0.15) is 5.56 Å². The highest BCUT2D eigenvalue weighted by atomic mass is 19.2. The molecule has 1 fully saturated rings. The van der Waals surface area contributed by atoms with Gasteiger partial charge in [-0.05, 0) is 29.8 Å². The Bertz CT molecular complexity index is 703. The van der Waals surface area contributed by atoms with E-state index < -0.39 is 11.6 Å². The number of amides is 2. The van der Waals surface area contributed by atoms with Crippen LogP contribution in [-0.4, -0.2) is 42.1 Å². The number of nitrogens with one attached hydrogen (secondary N) is 1. The SMILES string of the molecule is O=C(NCc1ccncc1)N1CCN(c2ccc(F)c(F)c2)CC1. The third kappa shape index (κ3) is 3.79. The molecule has 1 aliphatic heterocycles. The van der Waals surface area contributed by atoms with Gasteiger partial charge < -0.3 is 15.1 Å². The van der Waals surface area contributed by atoms with Crippen molar-refractivity contribution in [2.45, 2.75) is 6.54 Å². The average molecular weight is 332 g/mol. The minimum absolute atomic E-state index is 0.128. The van der Waals surface area contributed by atoms with Crippen LogP contribution in [0.5, 0.6) is 0 Å². The molecule has 1 aromatic carbocycles. The molecule has 7 heteroatoms. The standard InChI is InChI=1S/C17H18F2N4O/c18-15-2-1-14(11-16(15)19)22-7-9-23(10-8-22)17(24)21-12-13-3-5-20-6-4-13/h1-6,11H,7-10,12H2,(H,21,24). The fourth-order valence-electron chi connectivity index (χ4n) is 2.64. The van der Waals surface area contributed by atoms with Gasteiger partial charge in [0.15, 0.2) is 11.6 Å². The molecule has 0 radical (unpaired) electrons. The van der Waals surface area contributed by atoms with Crippen molar-refractivity contribution in [2.24, 2.45) is 0 Å². The summed E-state index contributed by atoms with van der Waals surface area (Å²) in [5.41, 5.74) is 1.62. The van der Waals surface area contributed by atoms with Crippen LogP contribution in [0, 0.1) is 11.6 Å². The molecule has 0 saturated carbocycles. The number of hydrogen-bond donors (Lipinski definition) is 1. The van der Waals surface area contributed by atoms with E-state index in [-0.39, 0.29) is 6.03 Å². The van der Waals surface area contributed by atoms with Gasteiger partial charge in [0.1, 0.15) is 0 Å². The molecule has 0 atom stereocenters. The lowest BCUT2D eigenvalue weighted by molar-refractivity contribution is 0.194. The number of nitrogens with zero attached hydrogens (tertiary/aromatic N) is 3. The lowest BCUT2D eigenvalue weighted by atomic mass is 10.2. The normalized spacial score (nSPS) is 14.6. The molecule has 126 valence electrons. The zero-order valence-corrected chi connectivity index (χ0v) is 13.1. The number of rotatable bonds is 3. The van der Waals surface area contributed by atoms with Crippen LogP contribution < -0.4 is 10.2 Å². The molecule has 2 heterocycles. The number of carbonyl (C=O) groups is 1. The van der Waals surface area contributed by atoms with E-state index >= 15 is 0 Å². The first-order valence-corrected chi connectivity index (χ1v) is 7.75. The number of hydrogen-bond acceptors (Lipinski definition) is 3.